The van der Waals surface area contributed by atoms with Crippen LogP contribution in [0.5, 0.6) is 0 Å². The Hall–Kier alpha value is -1.11. The molecule has 15 heavy (non-hydrogen) atoms. The van der Waals surface area contributed by atoms with E-state index in [1.54, 1.807) is 0 Å². The Bertz CT molecular complexity index is 276. The molecule has 0 unspecified atom stereocenters. The molecule has 0 amide bonds. The highest BCUT2D eigenvalue weighted by atomic mass is 14.7. The van der Waals surface area contributed by atoms with Gasteiger partial charge in [0.2, 0.25) is 0 Å². The zero-order valence-electron chi connectivity index (χ0n) is 10.5. The van der Waals surface area contributed by atoms with Crippen molar-refractivity contribution in [1.82, 2.24) is 0 Å². The van der Waals surface area contributed by atoms with E-state index >= 15 is 0 Å². The molecule has 0 aromatic heterocycles. The number of aliphatic imine (C=N–C) groups is 1. The quantitative estimate of drug-likeness (QED) is 0.651. The molecule has 0 aliphatic carbocycles. The van der Waals surface area contributed by atoms with E-state index in [0.717, 1.165) is 19.4 Å². The van der Waals surface area contributed by atoms with Crippen LogP contribution in [0, 0.1) is 0 Å². The highest BCUT2D eigenvalue weighted by Gasteiger charge is 1.96. The van der Waals surface area contributed by atoms with E-state index in [2.05, 4.69) is 43.1 Å². The van der Waals surface area contributed by atoms with Crippen LogP contribution in [0.4, 0.5) is 0 Å². The summed E-state index contributed by atoms with van der Waals surface area (Å²) in [5.74, 6) is 0. The van der Waals surface area contributed by atoms with Gasteiger partial charge < -0.3 is 0 Å². The van der Waals surface area contributed by atoms with Gasteiger partial charge in [0, 0.05) is 0 Å². The first kappa shape index (κ1) is 13.9. The fourth-order valence-electron chi connectivity index (χ4n) is 1.35. The van der Waals surface area contributed by atoms with E-state index < -0.39 is 0 Å². The number of benzene rings is 1. The molecular formula is C14H23N. The summed E-state index contributed by atoms with van der Waals surface area (Å²) < 4.78 is 0. The van der Waals surface area contributed by atoms with Crippen molar-refractivity contribution in [2.45, 2.75) is 47.1 Å². The fraction of sp³-hybridized carbons (Fsp3) is 0.500. The molecule has 1 aromatic carbocycles. The van der Waals surface area contributed by atoms with Crippen LogP contribution in [0.15, 0.2) is 29.3 Å². The van der Waals surface area contributed by atoms with E-state index in [9.17, 15) is 0 Å². The molecule has 1 heteroatoms. The molecule has 0 N–H and O–H groups in total. The lowest BCUT2D eigenvalue weighted by Gasteiger charge is -2.03. The predicted octanol–water partition coefficient (Wildman–Crippen LogP) is 4.26. The average Bonchev–Trinajstić information content (AvgIpc) is 2.33. The average molecular weight is 205 g/mol. The van der Waals surface area contributed by atoms with Gasteiger partial charge >= 0.3 is 0 Å². The molecule has 84 valence electrons. The Morgan fingerprint density at radius 2 is 1.67 bits per heavy atom. The van der Waals surface area contributed by atoms with Crippen LogP contribution in [0.25, 0.3) is 0 Å². The maximum atomic E-state index is 4.34. The second-order valence-corrected chi connectivity index (χ2v) is 3.05. The van der Waals surface area contributed by atoms with Gasteiger partial charge in [-0.1, -0.05) is 52.0 Å². The summed E-state index contributed by atoms with van der Waals surface area (Å²) in [6, 6.07) is 8.50. The Kier molecular flexibility index (Phi) is 8.75. The van der Waals surface area contributed by atoms with Crippen molar-refractivity contribution in [2.75, 3.05) is 0 Å². The van der Waals surface area contributed by atoms with E-state index in [1.165, 1.54) is 11.1 Å². The predicted molar refractivity (Wildman–Crippen MR) is 69.7 cm³/mol. The minimum atomic E-state index is 0.831. The molecular weight excluding hydrogens is 182 g/mol. The molecule has 0 aliphatic rings. The molecule has 0 radical (unpaired) electrons. The van der Waals surface area contributed by atoms with Gasteiger partial charge in [-0.2, -0.15) is 0 Å². The minimum absolute atomic E-state index is 0.831. The molecule has 0 heterocycles. The third-order valence-corrected chi connectivity index (χ3v) is 2.07. The number of rotatable bonds is 4. The Labute approximate surface area is 94.3 Å². The molecule has 0 saturated carbocycles. The van der Waals surface area contributed by atoms with Crippen LogP contribution < -0.4 is 0 Å². The summed E-state index contributed by atoms with van der Waals surface area (Å²) in [6.07, 6.45) is 4.10. The van der Waals surface area contributed by atoms with Gasteiger partial charge in [-0.05, 0) is 30.2 Å². The van der Waals surface area contributed by atoms with Gasteiger partial charge in [0.1, 0.15) is 0 Å². The number of nitrogens with zero attached hydrogens (tertiary/aromatic N) is 1. The second kappa shape index (κ2) is 9.45. The summed E-state index contributed by atoms with van der Waals surface area (Å²) in [5.41, 5.74) is 2.77. The molecule has 0 saturated heterocycles. The monoisotopic (exact) mass is 205 g/mol. The highest BCUT2D eigenvalue weighted by molar-refractivity contribution is 5.56. The molecule has 1 nitrogen and oxygen atoms in total. The van der Waals surface area contributed by atoms with Crippen molar-refractivity contribution in [3.8, 4) is 0 Å². The zero-order valence-corrected chi connectivity index (χ0v) is 10.5. The molecule has 0 spiro atoms. The summed E-state index contributed by atoms with van der Waals surface area (Å²) in [7, 11) is 0. The molecule has 0 atom stereocenters. The Morgan fingerprint density at radius 1 is 1.07 bits per heavy atom. The van der Waals surface area contributed by atoms with Crippen molar-refractivity contribution < 1.29 is 0 Å². The molecule has 0 bridgehead atoms. The van der Waals surface area contributed by atoms with Crippen molar-refractivity contribution in [3.05, 3.63) is 35.4 Å². The molecule has 0 fully saturated rings. The van der Waals surface area contributed by atoms with E-state index in [-0.39, 0.29) is 0 Å². The summed E-state index contributed by atoms with van der Waals surface area (Å²) >= 11 is 0. The maximum absolute atomic E-state index is 4.34. The highest BCUT2D eigenvalue weighted by Crippen LogP contribution is 2.10. The number of hydrogen-bond donors (Lipinski definition) is 0. The van der Waals surface area contributed by atoms with Gasteiger partial charge in [0.05, 0.1) is 6.54 Å². The van der Waals surface area contributed by atoms with E-state index in [4.69, 9.17) is 0 Å². The van der Waals surface area contributed by atoms with Crippen LogP contribution in [-0.4, -0.2) is 6.21 Å². The Morgan fingerprint density at radius 3 is 2.20 bits per heavy atom. The number of aryl methyl sites for hydroxylation is 1. The number of hydrogen-bond acceptors (Lipinski definition) is 1. The second-order valence-electron chi connectivity index (χ2n) is 3.05. The minimum Gasteiger partial charge on any atom is -0.293 e. The first-order valence-corrected chi connectivity index (χ1v) is 5.93. The summed E-state index contributed by atoms with van der Waals surface area (Å²) in [5, 5.41) is 0. The van der Waals surface area contributed by atoms with Crippen molar-refractivity contribution in [1.29, 1.82) is 0 Å². The van der Waals surface area contributed by atoms with E-state index in [1.807, 2.05) is 20.1 Å². The normalized spacial score (nSPS) is 9.87. The molecule has 1 rings (SSSR count). The summed E-state index contributed by atoms with van der Waals surface area (Å²) in [6.45, 7) is 9.12. The van der Waals surface area contributed by atoms with Crippen molar-refractivity contribution in [3.63, 3.8) is 0 Å². The molecule has 1 aromatic rings. The van der Waals surface area contributed by atoms with Crippen LogP contribution in [0.2, 0.25) is 0 Å². The maximum Gasteiger partial charge on any atom is 0.0638 e. The van der Waals surface area contributed by atoms with Crippen molar-refractivity contribution in [2.24, 2.45) is 4.99 Å². The first-order valence-electron chi connectivity index (χ1n) is 5.93. The largest absolute Gasteiger partial charge is 0.293 e. The van der Waals surface area contributed by atoms with E-state index in [0.29, 0.717) is 0 Å². The zero-order chi connectivity index (χ0) is 11.5. The fourth-order valence-corrected chi connectivity index (χ4v) is 1.35. The van der Waals surface area contributed by atoms with Gasteiger partial charge in [-0.3, -0.25) is 4.99 Å². The lowest BCUT2D eigenvalue weighted by Crippen LogP contribution is -1.90. The lowest BCUT2D eigenvalue weighted by atomic mass is 10.1. The van der Waals surface area contributed by atoms with Crippen LogP contribution in [0.3, 0.4) is 0 Å². The van der Waals surface area contributed by atoms with Crippen LogP contribution in [0.1, 0.15) is 45.2 Å². The Balaban J connectivity index is 0.000000921. The lowest BCUT2D eigenvalue weighted by molar-refractivity contribution is 1.00. The first-order chi connectivity index (χ1) is 7.38. The van der Waals surface area contributed by atoms with Crippen LogP contribution in [-0.2, 0) is 13.0 Å². The third-order valence-electron chi connectivity index (χ3n) is 2.07. The standard InChI is InChI=1S/C12H17N.C2H6/c1-3-9-13-10-12-8-6-5-7-11(12)4-2;1-2/h5-9H,3-4,10H2,1-2H3;1-2H3. The van der Waals surface area contributed by atoms with Gasteiger partial charge in [-0.25, -0.2) is 0 Å². The van der Waals surface area contributed by atoms with Gasteiger partial charge in [-0.15, -0.1) is 0 Å². The SMILES string of the molecule is CC.CCC=NCc1ccccc1CC. The van der Waals surface area contributed by atoms with Crippen LogP contribution >= 0.6 is 0 Å². The van der Waals surface area contributed by atoms with Crippen molar-refractivity contribution >= 4 is 6.21 Å². The molecule has 0 aliphatic heterocycles. The topological polar surface area (TPSA) is 12.4 Å². The smallest absolute Gasteiger partial charge is 0.0638 e. The summed E-state index contributed by atoms with van der Waals surface area (Å²) in [4.78, 5) is 4.34. The van der Waals surface area contributed by atoms with Gasteiger partial charge in [0.25, 0.3) is 0 Å². The van der Waals surface area contributed by atoms with Gasteiger partial charge in [0.15, 0.2) is 0 Å². The third kappa shape index (κ3) is 5.36.